The molecule has 4 rings (SSSR count). The summed E-state index contributed by atoms with van der Waals surface area (Å²) < 4.78 is 13.5. The maximum atomic E-state index is 12.2. The fourth-order valence-electron chi connectivity index (χ4n) is 4.00. The third-order valence-corrected chi connectivity index (χ3v) is 7.51. The van der Waals surface area contributed by atoms with Crippen molar-refractivity contribution in [3.05, 3.63) is 66.4 Å². The van der Waals surface area contributed by atoms with Gasteiger partial charge in [0.05, 0.1) is 20.1 Å². The second-order valence-electron chi connectivity index (χ2n) is 10.1. The molecule has 0 saturated heterocycles. The van der Waals surface area contributed by atoms with Crippen LogP contribution in [0.5, 0.6) is 5.75 Å². The number of nitrogens with zero attached hydrogens (tertiary/aromatic N) is 4. The predicted octanol–water partition coefficient (Wildman–Crippen LogP) is 5.07. The molecule has 8 heteroatoms. The highest BCUT2D eigenvalue weighted by atomic mass is 32.3. The molecular formula is C29H36N4O3S. The van der Waals surface area contributed by atoms with Crippen molar-refractivity contribution < 1.29 is 14.3 Å². The van der Waals surface area contributed by atoms with E-state index in [9.17, 15) is 4.79 Å². The van der Waals surface area contributed by atoms with Crippen LogP contribution in [0.2, 0.25) is 0 Å². The molecule has 2 heterocycles. The van der Waals surface area contributed by atoms with Crippen LogP contribution in [-0.4, -0.2) is 77.9 Å². The molecule has 196 valence electrons. The Hall–Kier alpha value is -3.36. The van der Waals surface area contributed by atoms with Gasteiger partial charge in [0.2, 0.25) is 5.91 Å². The molecule has 0 unspecified atom stereocenters. The minimum Gasteiger partial charge on any atom is -0.496 e. The second kappa shape index (κ2) is 11.4. The van der Waals surface area contributed by atoms with Gasteiger partial charge in [-0.05, 0) is 48.1 Å². The van der Waals surface area contributed by atoms with E-state index in [1.807, 2.05) is 53.3 Å². The number of hydrogen-bond donors (Lipinski definition) is 0. The van der Waals surface area contributed by atoms with Crippen LogP contribution >= 0.6 is 10.0 Å². The number of hydrogen-bond acceptors (Lipinski definition) is 5. The summed E-state index contributed by atoms with van der Waals surface area (Å²) in [6, 6.07) is 18.0. The van der Waals surface area contributed by atoms with E-state index in [0.717, 1.165) is 50.5 Å². The molecule has 4 aromatic rings. The zero-order valence-corrected chi connectivity index (χ0v) is 23.3. The van der Waals surface area contributed by atoms with E-state index in [4.69, 9.17) is 19.6 Å². The Morgan fingerprint density at radius 2 is 1.81 bits per heavy atom. The fourth-order valence-corrected chi connectivity index (χ4v) is 4.62. The molecule has 0 bridgehead atoms. The molecule has 0 fully saturated rings. The van der Waals surface area contributed by atoms with Crippen molar-refractivity contribution in [3.8, 4) is 28.1 Å². The van der Waals surface area contributed by atoms with E-state index in [-0.39, 0.29) is 5.91 Å². The fraction of sp³-hybridized carbons (Fsp3) is 0.345. The van der Waals surface area contributed by atoms with E-state index in [2.05, 4.69) is 30.9 Å². The third-order valence-electron chi connectivity index (χ3n) is 6.12. The minimum atomic E-state index is -0.631. The van der Waals surface area contributed by atoms with Crippen LogP contribution in [0.3, 0.4) is 0 Å². The highest BCUT2D eigenvalue weighted by molar-refractivity contribution is 8.32. The molecule has 0 aliphatic rings. The zero-order chi connectivity index (χ0) is 26.6. The monoisotopic (exact) mass is 520 g/mol. The van der Waals surface area contributed by atoms with Gasteiger partial charge in [0.15, 0.2) is 5.65 Å². The number of carbonyl (C=O) groups excluding carboxylic acids is 1. The number of benzene rings is 2. The minimum absolute atomic E-state index is 0.0681. The molecule has 2 aromatic carbocycles. The number of ether oxygens (including phenoxy) is 2. The predicted molar refractivity (Wildman–Crippen MR) is 154 cm³/mol. The van der Waals surface area contributed by atoms with Crippen LogP contribution < -0.4 is 4.74 Å². The Morgan fingerprint density at radius 3 is 2.54 bits per heavy atom. The summed E-state index contributed by atoms with van der Waals surface area (Å²) in [5, 5.41) is 5.84. The zero-order valence-electron chi connectivity index (χ0n) is 22.5. The molecule has 7 nitrogen and oxygen atoms in total. The number of carbonyl (C=O) groups is 1. The van der Waals surface area contributed by atoms with Crippen LogP contribution in [0.15, 0.2) is 60.8 Å². The van der Waals surface area contributed by atoms with Crippen LogP contribution in [-0.2, 0) is 22.7 Å². The second-order valence-corrected chi connectivity index (χ2v) is 14.7. The number of para-hydroxylation sites is 1. The molecule has 0 aliphatic carbocycles. The molecule has 0 atom stereocenters. The lowest BCUT2D eigenvalue weighted by Crippen LogP contribution is -2.23. The van der Waals surface area contributed by atoms with Gasteiger partial charge in [-0.3, -0.25) is 4.79 Å². The Bertz CT molecular complexity index is 1390. The topological polar surface area (TPSA) is 69.5 Å². The number of methoxy groups -OCH3 is 1. The quantitative estimate of drug-likeness (QED) is 0.273. The summed E-state index contributed by atoms with van der Waals surface area (Å²) >= 11 is 0. The summed E-state index contributed by atoms with van der Waals surface area (Å²) in [5.74, 6) is 1.86. The molecule has 0 radical (unpaired) electrons. The van der Waals surface area contributed by atoms with Gasteiger partial charge in [-0.2, -0.15) is 5.10 Å². The molecule has 1 amide bonds. The van der Waals surface area contributed by atoms with Gasteiger partial charge >= 0.3 is 0 Å². The number of likely N-dealkylation sites (N-methyl/N-ethyl adjacent to an activating group) is 1. The van der Waals surface area contributed by atoms with Crippen molar-refractivity contribution in [1.29, 1.82) is 0 Å². The van der Waals surface area contributed by atoms with Crippen molar-refractivity contribution in [2.45, 2.75) is 13.2 Å². The lowest BCUT2D eigenvalue weighted by atomic mass is 10.0. The van der Waals surface area contributed by atoms with Crippen molar-refractivity contribution in [3.63, 3.8) is 0 Å². The van der Waals surface area contributed by atoms with Gasteiger partial charge in [-0.1, -0.05) is 36.4 Å². The molecular weight excluding hydrogens is 484 g/mol. The molecule has 0 aliphatic heterocycles. The van der Waals surface area contributed by atoms with Crippen molar-refractivity contribution in [1.82, 2.24) is 19.7 Å². The summed E-state index contributed by atoms with van der Waals surface area (Å²) in [6.07, 6.45) is 9.07. The van der Waals surface area contributed by atoms with Crippen LogP contribution in [0.1, 0.15) is 5.56 Å². The Morgan fingerprint density at radius 1 is 1.03 bits per heavy atom. The largest absolute Gasteiger partial charge is 0.496 e. The first-order valence-corrected chi connectivity index (χ1v) is 15.2. The standard InChI is InChI=1S/C29H36N4O3S/c1-32(2)27(34)17-21-10-9-11-22(16-21)23-18-25-28(24-12-7-8-13-26(24)35-3)31-33(29(25)30-19-23)20-36-14-15-37(4,5)6/h7-13,16,18-19H,14-15,17,20H2,1-6H3. The molecule has 0 N–H and O–H groups in total. The van der Waals surface area contributed by atoms with E-state index in [0.29, 0.717) is 19.8 Å². The summed E-state index contributed by atoms with van der Waals surface area (Å²) in [5.41, 5.74) is 5.38. The van der Waals surface area contributed by atoms with E-state index in [1.54, 1.807) is 26.1 Å². The van der Waals surface area contributed by atoms with Crippen LogP contribution in [0.25, 0.3) is 33.4 Å². The highest BCUT2D eigenvalue weighted by Crippen LogP contribution is 2.36. The first-order valence-electron chi connectivity index (χ1n) is 12.2. The number of pyridine rings is 1. The van der Waals surface area contributed by atoms with E-state index < -0.39 is 10.0 Å². The average molecular weight is 521 g/mol. The Kier molecular flexibility index (Phi) is 8.19. The maximum Gasteiger partial charge on any atom is 0.226 e. The van der Waals surface area contributed by atoms with E-state index >= 15 is 0 Å². The van der Waals surface area contributed by atoms with Gasteiger partial charge in [0, 0.05) is 42.6 Å². The Labute approximate surface area is 220 Å². The van der Waals surface area contributed by atoms with Gasteiger partial charge in [-0.15, -0.1) is 0 Å². The number of aromatic nitrogens is 3. The highest BCUT2D eigenvalue weighted by Gasteiger charge is 2.18. The summed E-state index contributed by atoms with van der Waals surface area (Å²) in [4.78, 5) is 18.7. The smallest absolute Gasteiger partial charge is 0.226 e. The number of fused-ring (bicyclic) bond motifs is 1. The van der Waals surface area contributed by atoms with Crippen molar-refractivity contribution in [2.24, 2.45) is 0 Å². The van der Waals surface area contributed by atoms with Crippen molar-refractivity contribution in [2.75, 3.05) is 52.3 Å². The van der Waals surface area contributed by atoms with Crippen LogP contribution in [0, 0.1) is 0 Å². The third kappa shape index (κ3) is 6.50. The first-order chi connectivity index (χ1) is 17.7. The van der Waals surface area contributed by atoms with E-state index in [1.165, 1.54) is 0 Å². The summed E-state index contributed by atoms with van der Waals surface area (Å²) in [6.45, 7) is 1.01. The van der Waals surface area contributed by atoms with Gasteiger partial charge in [-0.25, -0.2) is 19.7 Å². The van der Waals surface area contributed by atoms with Gasteiger partial charge in [0.25, 0.3) is 0 Å². The summed E-state index contributed by atoms with van der Waals surface area (Å²) in [7, 11) is 4.58. The maximum absolute atomic E-state index is 12.2. The van der Waals surface area contributed by atoms with Gasteiger partial charge in [0.1, 0.15) is 18.2 Å². The number of rotatable bonds is 10. The molecule has 0 saturated carbocycles. The van der Waals surface area contributed by atoms with Crippen LogP contribution in [0.4, 0.5) is 0 Å². The lowest BCUT2D eigenvalue weighted by molar-refractivity contribution is -0.127. The number of amides is 1. The first kappa shape index (κ1) is 26.7. The molecule has 37 heavy (non-hydrogen) atoms. The normalized spacial score (nSPS) is 12.1. The SMILES string of the molecule is COc1ccccc1-c1nn(COCCS(C)(C)C)c2ncc(-c3cccc(CC(=O)N(C)C)c3)cc12. The molecule has 2 aromatic heterocycles. The van der Waals surface area contributed by atoms with Crippen molar-refractivity contribution >= 4 is 27.0 Å². The molecule has 0 spiro atoms. The van der Waals surface area contributed by atoms with Gasteiger partial charge < -0.3 is 14.4 Å². The average Bonchev–Trinajstić information content (AvgIpc) is 3.23. The Balaban J connectivity index is 1.74. The lowest BCUT2D eigenvalue weighted by Gasteiger charge is -2.24.